The molecule has 18 heteroatoms. The van der Waals surface area contributed by atoms with Crippen molar-refractivity contribution in [2.45, 2.75) is 88.1 Å². The molecule has 72 heavy (non-hydrogen) atoms. The molecule has 2 aliphatic heterocycles. The van der Waals surface area contributed by atoms with Crippen molar-refractivity contribution in [2.75, 3.05) is 80.7 Å². The number of rotatable bonds is 20. The molecular weight excluding hydrogens is 942 g/mol. The standard InChI is InChI=1S/C54H65F3N10O4S/c1-3-42-36-65(32-27-59-42)45-16-12-39(13-17-45)20-26-61-53(69)41-33-40-21-31-66(52(40)62-35-41)37-51(68)60-24-5-4-6-28-64-29-22-44(23-30-64)63-49-10-7-11-50-48(49)34-46(67(50)38-54(55,56)57)9-8-25-58-43-14-18-47(19-15-43)72(2,70)71/h7,10-19,21,31,33-35,42,44,58-59,63H,3-6,20,22-30,32,36-38H2,1-2H3,(H,60,68)(H,61,69)/t42-/m1/s1. The van der Waals surface area contributed by atoms with Crippen LogP contribution in [0.2, 0.25) is 0 Å². The Balaban J connectivity index is 0.724. The number of amides is 2. The molecule has 5 heterocycles. The Bertz CT molecular complexity index is 2970. The van der Waals surface area contributed by atoms with Gasteiger partial charge < -0.3 is 45.5 Å². The van der Waals surface area contributed by atoms with Crippen LogP contribution in [0.5, 0.6) is 0 Å². The molecule has 0 spiro atoms. The van der Waals surface area contributed by atoms with Gasteiger partial charge >= 0.3 is 6.18 Å². The van der Waals surface area contributed by atoms with Crippen LogP contribution in [-0.4, -0.2) is 123 Å². The number of carbonyl (C=O) groups excluding carboxylic acids is 2. The van der Waals surface area contributed by atoms with E-state index in [0.29, 0.717) is 46.9 Å². The third kappa shape index (κ3) is 14.1. The second kappa shape index (κ2) is 23.8. The number of halogens is 3. The van der Waals surface area contributed by atoms with Gasteiger partial charge in [0.2, 0.25) is 5.91 Å². The first kappa shape index (κ1) is 51.8. The number of fused-ring (bicyclic) bond motifs is 2. The predicted octanol–water partition coefficient (Wildman–Crippen LogP) is 7.44. The smallest absolute Gasteiger partial charge is 0.382 e. The van der Waals surface area contributed by atoms with E-state index in [4.69, 9.17) is 0 Å². The largest absolute Gasteiger partial charge is 0.406 e. The second-order valence-corrected chi connectivity index (χ2v) is 20.9. The molecule has 0 saturated carbocycles. The predicted molar refractivity (Wildman–Crippen MR) is 279 cm³/mol. The maximum atomic E-state index is 13.8. The van der Waals surface area contributed by atoms with Crippen molar-refractivity contribution in [3.05, 3.63) is 114 Å². The fraction of sp³-hybridized carbons (Fsp3) is 0.426. The molecule has 0 unspecified atom stereocenters. The fourth-order valence-corrected chi connectivity index (χ4v) is 10.2. The minimum absolute atomic E-state index is 0.0981. The minimum atomic E-state index is -4.45. The lowest BCUT2D eigenvalue weighted by Gasteiger charge is -2.35. The van der Waals surface area contributed by atoms with Crippen molar-refractivity contribution in [3.63, 3.8) is 0 Å². The Morgan fingerprint density at radius 1 is 0.917 bits per heavy atom. The van der Waals surface area contributed by atoms with Crippen LogP contribution in [0.15, 0.2) is 102 Å². The normalized spacial score (nSPS) is 15.8. The number of likely N-dealkylation sites (tertiary alicyclic amines) is 1. The summed E-state index contributed by atoms with van der Waals surface area (Å²) < 4.78 is 67.9. The molecule has 8 rings (SSSR count). The second-order valence-electron chi connectivity index (χ2n) is 18.9. The number of benzene rings is 3. The summed E-state index contributed by atoms with van der Waals surface area (Å²) in [5.74, 6) is 5.57. The zero-order valence-electron chi connectivity index (χ0n) is 41.0. The van der Waals surface area contributed by atoms with Gasteiger partial charge in [0.15, 0.2) is 9.84 Å². The van der Waals surface area contributed by atoms with Gasteiger partial charge in [0.25, 0.3) is 5.91 Å². The van der Waals surface area contributed by atoms with E-state index in [1.54, 1.807) is 41.1 Å². The number of nitrogens with one attached hydrogen (secondary N) is 5. The van der Waals surface area contributed by atoms with E-state index in [-0.39, 0.29) is 41.5 Å². The number of hydrogen-bond donors (Lipinski definition) is 5. The van der Waals surface area contributed by atoms with E-state index in [2.05, 4.69) is 84.4 Å². The van der Waals surface area contributed by atoms with Crippen LogP contribution in [0.4, 0.5) is 30.2 Å². The molecule has 2 fully saturated rings. The van der Waals surface area contributed by atoms with E-state index in [1.807, 2.05) is 24.4 Å². The Morgan fingerprint density at radius 3 is 2.46 bits per heavy atom. The summed E-state index contributed by atoms with van der Waals surface area (Å²) in [7, 11) is -3.33. The van der Waals surface area contributed by atoms with E-state index < -0.39 is 22.6 Å². The van der Waals surface area contributed by atoms with Crippen LogP contribution in [0.1, 0.15) is 67.1 Å². The van der Waals surface area contributed by atoms with Gasteiger partial charge in [-0.3, -0.25) is 9.59 Å². The Kier molecular flexibility index (Phi) is 17.1. The van der Waals surface area contributed by atoms with E-state index >= 15 is 0 Å². The van der Waals surface area contributed by atoms with Crippen LogP contribution in [-0.2, 0) is 34.1 Å². The Morgan fingerprint density at radius 2 is 1.71 bits per heavy atom. The van der Waals surface area contributed by atoms with Crippen LogP contribution < -0.4 is 31.5 Å². The fourth-order valence-electron chi connectivity index (χ4n) is 9.52. The van der Waals surface area contributed by atoms with Gasteiger partial charge in [0, 0.05) is 104 Å². The minimum Gasteiger partial charge on any atom is -0.382 e. The Labute approximate surface area is 420 Å². The summed E-state index contributed by atoms with van der Waals surface area (Å²) >= 11 is 0. The molecule has 2 amide bonds. The van der Waals surface area contributed by atoms with Crippen LogP contribution in [0.25, 0.3) is 21.9 Å². The van der Waals surface area contributed by atoms with Crippen molar-refractivity contribution >= 4 is 60.7 Å². The molecule has 5 N–H and O–H groups in total. The highest BCUT2D eigenvalue weighted by molar-refractivity contribution is 7.90. The summed E-state index contributed by atoms with van der Waals surface area (Å²) in [5, 5.41) is 17.8. The monoisotopic (exact) mass is 1010 g/mol. The van der Waals surface area contributed by atoms with Gasteiger partial charge in [-0.25, -0.2) is 13.4 Å². The highest BCUT2D eigenvalue weighted by Gasteiger charge is 2.30. The number of anilines is 3. The zero-order chi connectivity index (χ0) is 50.7. The summed E-state index contributed by atoms with van der Waals surface area (Å²) in [6.45, 7) is 8.16. The molecule has 2 aliphatic rings. The zero-order valence-corrected chi connectivity index (χ0v) is 41.8. The SMILES string of the molecule is CC[C@@H]1CN(c2ccc(CCNC(=O)c3cnc4c(ccn4CC(=O)NCCCCCN4CCC(Nc5cccc6c5cc(C#CCNc5ccc(S(C)(=O)=O)cc5)n6CC(F)(F)F)CC4)c3)cc2)CCN1. The number of piperazine rings is 1. The van der Waals surface area contributed by atoms with E-state index in [0.717, 1.165) is 102 Å². The summed E-state index contributed by atoms with van der Waals surface area (Å²) in [5.41, 5.74) is 5.64. The van der Waals surface area contributed by atoms with Gasteiger partial charge in [-0.05, 0) is 123 Å². The van der Waals surface area contributed by atoms with E-state index in [1.165, 1.54) is 28.0 Å². The number of piperidine rings is 1. The van der Waals surface area contributed by atoms with Gasteiger partial charge in [-0.1, -0.05) is 37.5 Å². The molecule has 382 valence electrons. The number of sulfone groups is 1. The molecule has 1 atom stereocenters. The molecule has 2 saturated heterocycles. The highest BCUT2D eigenvalue weighted by atomic mass is 32.2. The lowest BCUT2D eigenvalue weighted by atomic mass is 10.0. The molecular formula is C54H65F3N10O4S. The number of unbranched alkanes of at least 4 members (excludes halogenated alkanes) is 2. The average molecular weight is 1010 g/mol. The molecule has 3 aromatic carbocycles. The highest BCUT2D eigenvalue weighted by Crippen LogP contribution is 2.32. The molecule has 0 aliphatic carbocycles. The van der Waals surface area contributed by atoms with Crippen LogP contribution in [0, 0.1) is 11.8 Å². The number of nitrogens with zero attached hydrogens (tertiary/aromatic N) is 5. The summed E-state index contributed by atoms with van der Waals surface area (Å²) in [4.78, 5) is 35.5. The van der Waals surface area contributed by atoms with Crippen molar-refractivity contribution in [1.29, 1.82) is 0 Å². The molecule has 14 nitrogen and oxygen atoms in total. The number of pyridine rings is 1. The van der Waals surface area contributed by atoms with Crippen LogP contribution >= 0.6 is 0 Å². The Hall–Kier alpha value is -6.55. The van der Waals surface area contributed by atoms with Gasteiger partial charge in [0.05, 0.1) is 28.2 Å². The maximum Gasteiger partial charge on any atom is 0.406 e. The van der Waals surface area contributed by atoms with Crippen LogP contribution in [0.3, 0.4) is 0 Å². The molecule has 0 bridgehead atoms. The van der Waals surface area contributed by atoms with E-state index in [9.17, 15) is 31.2 Å². The topological polar surface area (TPSA) is 158 Å². The van der Waals surface area contributed by atoms with Gasteiger partial charge in [-0.2, -0.15) is 13.2 Å². The molecule has 3 aromatic heterocycles. The third-order valence-corrected chi connectivity index (χ3v) is 14.6. The quantitative estimate of drug-likeness (QED) is 0.0385. The number of aromatic nitrogens is 3. The molecule has 6 aromatic rings. The van der Waals surface area contributed by atoms with Crippen molar-refractivity contribution in [1.82, 2.24) is 35.0 Å². The number of hydrogen-bond acceptors (Lipinski definition) is 10. The third-order valence-electron chi connectivity index (χ3n) is 13.5. The first-order valence-electron chi connectivity index (χ1n) is 25.0. The maximum absolute atomic E-state index is 13.8. The summed E-state index contributed by atoms with van der Waals surface area (Å²) in [6, 6.07) is 26.3. The lowest BCUT2D eigenvalue weighted by Crippen LogP contribution is -2.50. The number of alkyl halides is 3. The lowest BCUT2D eigenvalue weighted by molar-refractivity contribution is -0.140. The van der Waals surface area contributed by atoms with Gasteiger partial charge in [-0.15, -0.1) is 0 Å². The number of carbonyl (C=O) groups is 2. The van der Waals surface area contributed by atoms with Gasteiger partial charge in [0.1, 0.15) is 18.7 Å². The average Bonchev–Trinajstić information content (AvgIpc) is 3.93. The van der Waals surface area contributed by atoms with Crippen molar-refractivity contribution < 1.29 is 31.2 Å². The van der Waals surface area contributed by atoms with Crippen molar-refractivity contribution in [2.24, 2.45) is 0 Å². The molecule has 0 radical (unpaired) electrons. The first-order valence-corrected chi connectivity index (χ1v) is 26.9. The summed E-state index contributed by atoms with van der Waals surface area (Å²) in [6.07, 6.45) is 6.51. The first-order chi connectivity index (χ1) is 34.7. The van der Waals surface area contributed by atoms with Crippen molar-refractivity contribution in [3.8, 4) is 11.8 Å².